The largest absolute Gasteiger partial charge is 0.378 e. The summed E-state index contributed by atoms with van der Waals surface area (Å²) in [5.41, 5.74) is 4.82. The van der Waals surface area contributed by atoms with Crippen LogP contribution in [0.4, 0.5) is 10.1 Å². The molecule has 0 aliphatic carbocycles. The maximum Gasteiger partial charge on any atom is 0.186 e. The summed E-state index contributed by atoms with van der Waals surface area (Å²) in [4.78, 5) is 2.00. The van der Waals surface area contributed by atoms with Gasteiger partial charge in [-0.1, -0.05) is 19.4 Å². The molecule has 0 aromatic heterocycles. The van der Waals surface area contributed by atoms with Gasteiger partial charge in [0.15, 0.2) is 5.11 Å². The molecule has 2 rings (SSSR count). The van der Waals surface area contributed by atoms with Crippen LogP contribution in [0.3, 0.4) is 0 Å². The number of rotatable bonds is 6. The molecule has 0 amide bonds. The van der Waals surface area contributed by atoms with Crippen molar-refractivity contribution in [3.05, 3.63) is 29.6 Å². The molecule has 1 aromatic rings. The summed E-state index contributed by atoms with van der Waals surface area (Å²) >= 11 is 5.15. The zero-order valence-electron chi connectivity index (χ0n) is 14.3. The lowest BCUT2D eigenvalue weighted by molar-refractivity contribution is 0.122. The van der Waals surface area contributed by atoms with Gasteiger partial charge in [-0.25, -0.2) is 4.39 Å². The van der Waals surface area contributed by atoms with Gasteiger partial charge in [0.25, 0.3) is 0 Å². The van der Waals surface area contributed by atoms with Crippen molar-refractivity contribution in [3.8, 4) is 0 Å². The number of morpholine rings is 1. The summed E-state index contributed by atoms with van der Waals surface area (Å²) in [6, 6.07) is 5.19. The second-order valence-corrected chi connectivity index (χ2v) is 6.09. The number of benzene rings is 1. The molecule has 0 radical (unpaired) electrons. The molecule has 0 unspecified atom stereocenters. The van der Waals surface area contributed by atoms with E-state index >= 15 is 0 Å². The van der Waals surface area contributed by atoms with Crippen LogP contribution in [0.1, 0.15) is 32.3 Å². The highest BCUT2D eigenvalue weighted by Gasteiger charge is 2.15. The average molecular weight is 352 g/mol. The number of nitrogens with zero attached hydrogens (tertiary/aromatic N) is 2. The average Bonchev–Trinajstić information content (AvgIpc) is 2.60. The summed E-state index contributed by atoms with van der Waals surface area (Å²) in [6.07, 6.45) is 2.16. The normalized spacial score (nSPS) is 15.3. The molecular formula is C17H25FN4OS. The lowest BCUT2D eigenvalue weighted by atomic mass is 10.1. The van der Waals surface area contributed by atoms with Crippen molar-refractivity contribution < 1.29 is 9.13 Å². The molecule has 0 saturated carbocycles. The first kappa shape index (κ1) is 18.6. The van der Waals surface area contributed by atoms with Gasteiger partial charge in [-0.2, -0.15) is 5.10 Å². The standard InChI is InChI=1S/C17H25FN4OS/c1-3-4-7-19-17(24)21-20-13(2)14-5-6-16(15(18)12-14)22-8-10-23-11-9-22/h5-6,12H,3-4,7-11H2,1-2H3,(H2,19,21,24)/b20-13-. The highest BCUT2D eigenvalue weighted by molar-refractivity contribution is 7.80. The van der Waals surface area contributed by atoms with Gasteiger partial charge in [-0.15, -0.1) is 0 Å². The zero-order valence-corrected chi connectivity index (χ0v) is 15.1. The molecule has 1 fully saturated rings. The fourth-order valence-electron chi connectivity index (χ4n) is 2.41. The monoisotopic (exact) mass is 352 g/mol. The van der Waals surface area contributed by atoms with Crippen LogP contribution in [-0.4, -0.2) is 43.7 Å². The van der Waals surface area contributed by atoms with Crippen LogP contribution in [0.5, 0.6) is 0 Å². The molecule has 24 heavy (non-hydrogen) atoms. The van der Waals surface area contributed by atoms with Gasteiger partial charge < -0.3 is 15.0 Å². The van der Waals surface area contributed by atoms with E-state index in [0.29, 0.717) is 42.8 Å². The van der Waals surface area contributed by atoms with Crippen molar-refractivity contribution >= 4 is 28.7 Å². The highest BCUT2D eigenvalue weighted by Crippen LogP contribution is 2.21. The van der Waals surface area contributed by atoms with Gasteiger partial charge in [0.2, 0.25) is 0 Å². The molecule has 132 valence electrons. The first-order valence-electron chi connectivity index (χ1n) is 8.32. The first-order valence-corrected chi connectivity index (χ1v) is 8.73. The summed E-state index contributed by atoms with van der Waals surface area (Å²) in [5.74, 6) is -0.243. The third-order valence-electron chi connectivity index (χ3n) is 3.86. The Bertz CT molecular complexity index is 588. The topological polar surface area (TPSA) is 48.9 Å². The first-order chi connectivity index (χ1) is 11.6. The van der Waals surface area contributed by atoms with E-state index in [1.165, 1.54) is 6.07 Å². The number of unbranched alkanes of at least 4 members (excludes halogenated alkanes) is 1. The van der Waals surface area contributed by atoms with Crippen LogP contribution in [-0.2, 0) is 4.74 Å². The Morgan fingerprint density at radius 1 is 1.38 bits per heavy atom. The number of anilines is 1. The van der Waals surface area contributed by atoms with E-state index in [9.17, 15) is 4.39 Å². The maximum absolute atomic E-state index is 14.4. The molecule has 2 N–H and O–H groups in total. The minimum Gasteiger partial charge on any atom is -0.378 e. The molecule has 5 nitrogen and oxygen atoms in total. The maximum atomic E-state index is 14.4. The lowest BCUT2D eigenvalue weighted by Crippen LogP contribution is -2.36. The Hall–Kier alpha value is -1.73. The fourth-order valence-corrected chi connectivity index (χ4v) is 2.56. The molecule has 0 atom stereocenters. The van der Waals surface area contributed by atoms with Crippen molar-refractivity contribution in [2.75, 3.05) is 37.7 Å². The third-order valence-corrected chi connectivity index (χ3v) is 4.09. The fraction of sp³-hybridized carbons (Fsp3) is 0.529. The third kappa shape index (κ3) is 5.42. The number of hydrazone groups is 1. The van der Waals surface area contributed by atoms with E-state index in [-0.39, 0.29) is 5.82 Å². The Morgan fingerprint density at radius 3 is 2.79 bits per heavy atom. The molecule has 1 heterocycles. The van der Waals surface area contributed by atoms with Gasteiger partial charge >= 0.3 is 0 Å². The predicted octanol–water partition coefficient (Wildman–Crippen LogP) is 2.65. The van der Waals surface area contributed by atoms with Gasteiger partial charge in [0, 0.05) is 25.2 Å². The number of hydrogen-bond donors (Lipinski definition) is 2. The predicted molar refractivity (Wildman–Crippen MR) is 100 cm³/mol. The van der Waals surface area contributed by atoms with Crippen LogP contribution >= 0.6 is 12.2 Å². The van der Waals surface area contributed by atoms with Gasteiger partial charge in [-0.3, -0.25) is 5.43 Å². The number of hydrogen-bond acceptors (Lipinski definition) is 4. The zero-order chi connectivity index (χ0) is 17.4. The van der Waals surface area contributed by atoms with E-state index in [4.69, 9.17) is 17.0 Å². The molecule has 1 aliphatic heterocycles. The summed E-state index contributed by atoms with van der Waals surface area (Å²) in [5, 5.41) is 7.77. The van der Waals surface area contributed by atoms with E-state index < -0.39 is 0 Å². The lowest BCUT2D eigenvalue weighted by Gasteiger charge is -2.29. The number of nitrogens with one attached hydrogen (secondary N) is 2. The van der Waals surface area contributed by atoms with Crippen molar-refractivity contribution in [3.63, 3.8) is 0 Å². The van der Waals surface area contributed by atoms with Crippen molar-refractivity contribution in [1.29, 1.82) is 0 Å². The minimum atomic E-state index is -0.243. The van der Waals surface area contributed by atoms with Crippen LogP contribution in [0, 0.1) is 5.82 Å². The second kappa shape index (κ2) is 9.54. The minimum absolute atomic E-state index is 0.243. The smallest absolute Gasteiger partial charge is 0.186 e. The van der Waals surface area contributed by atoms with Gasteiger partial charge in [-0.05, 0) is 37.7 Å². The Morgan fingerprint density at radius 2 is 2.12 bits per heavy atom. The van der Waals surface area contributed by atoms with Crippen molar-refractivity contribution in [1.82, 2.24) is 10.7 Å². The summed E-state index contributed by atoms with van der Waals surface area (Å²) < 4.78 is 19.7. The number of thiocarbonyl (C=S) groups is 1. The van der Waals surface area contributed by atoms with Crippen molar-refractivity contribution in [2.24, 2.45) is 5.10 Å². The molecule has 1 saturated heterocycles. The van der Waals surface area contributed by atoms with Crippen LogP contribution in [0.15, 0.2) is 23.3 Å². The van der Waals surface area contributed by atoms with E-state index in [1.807, 2.05) is 17.9 Å². The van der Waals surface area contributed by atoms with Crippen LogP contribution < -0.4 is 15.6 Å². The molecule has 1 aromatic carbocycles. The molecule has 0 spiro atoms. The number of ether oxygens (including phenoxy) is 1. The Kier molecular flexibility index (Phi) is 7.39. The quantitative estimate of drug-likeness (QED) is 0.357. The molecular weight excluding hydrogens is 327 g/mol. The van der Waals surface area contributed by atoms with E-state index in [2.05, 4.69) is 22.8 Å². The van der Waals surface area contributed by atoms with Crippen molar-refractivity contribution in [2.45, 2.75) is 26.7 Å². The second-order valence-electron chi connectivity index (χ2n) is 5.68. The van der Waals surface area contributed by atoms with E-state index in [1.54, 1.807) is 6.07 Å². The molecule has 7 heteroatoms. The highest BCUT2D eigenvalue weighted by atomic mass is 32.1. The summed E-state index contributed by atoms with van der Waals surface area (Å²) in [6.45, 7) is 7.45. The molecule has 1 aliphatic rings. The van der Waals surface area contributed by atoms with Gasteiger partial charge in [0.1, 0.15) is 5.82 Å². The Labute approximate surface area is 148 Å². The number of halogens is 1. The summed E-state index contributed by atoms with van der Waals surface area (Å²) in [7, 11) is 0. The SMILES string of the molecule is CCCCNC(=S)N/N=C(/C)c1ccc(N2CCOCC2)c(F)c1. The Balaban J connectivity index is 1.96. The van der Waals surface area contributed by atoms with Gasteiger partial charge in [0.05, 0.1) is 24.6 Å². The van der Waals surface area contributed by atoms with E-state index in [0.717, 1.165) is 24.9 Å². The van der Waals surface area contributed by atoms with Crippen LogP contribution in [0.25, 0.3) is 0 Å². The van der Waals surface area contributed by atoms with Crippen LogP contribution in [0.2, 0.25) is 0 Å². The molecule has 0 bridgehead atoms.